The summed E-state index contributed by atoms with van der Waals surface area (Å²) in [6.07, 6.45) is 0. The number of methoxy groups -OCH3 is 1. The lowest BCUT2D eigenvalue weighted by Gasteiger charge is -2.18. The van der Waals surface area contributed by atoms with Crippen LogP contribution in [0.2, 0.25) is 0 Å². The summed E-state index contributed by atoms with van der Waals surface area (Å²) in [5, 5.41) is 3.48. The molecule has 2 aromatic carbocycles. The summed E-state index contributed by atoms with van der Waals surface area (Å²) in [6.45, 7) is 2.99. The largest absolute Gasteiger partial charge is 0.497 e. The van der Waals surface area contributed by atoms with Gasteiger partial charge in [-0.25, -0.2) is 4.39 Å². The maximum absolute atomic E-state index is 12.9. The number of rotatable bonds is 7. The van der Waals surface area contributed by atoms with Crippen LogP contribution in [0.5, 0.6) is 5.75 Å². The number of ether oxygens (including phenoxy) is 1. The molecule has 0 aliphatic carbocycles. The van der Waals surface area contributed by atoms with Crippen LogP contribution in [0.15, 0.2) is 53.4 Å². The quantitative estimate of drug-likeness (QED) is 0.772. The summed E-state index contributed by atoms with van der Waals surface area (Å²) < 4.78 is 18.2. The molecule has 0 fully saturated rings. The molecule has 1 unspecified atom stereocenters. The second-order valence-corrected chi connectivity index (χ2v) is 5.75. The van der Waals surface area contributed by atoms with Gasteiger partial charge in [0.2, 0.25) is 0 Å². The van der Waals surface area contributed by atoms with Gasteiger partial charge < -0.3 is 10.1 Å². The molecule has 21 heavy (non-hydrogen) atoms. The Hall–Kier alpha value is -1.52. The van der Waals surface area contributed by atoms with E-state index < -0.39 is 0 Å². The van der Waals surface area contributed by atoms with Gasteiger partial charge in [-0.3, -0.25) is 0 Å². The molecule has 1 N–H and O–H groups in total. The maximum Gasteiger partial charge on any atom is 0.123 e. The van der Waals surface area contributed by atoms with Gasteiger partial charge in [-0.2, -0.15) is 0 Å². The molecule has 0 saturated heterocycles. The molecule has 2 nitrogen and oxygen atoms in total. The van der Waals surface area contributed by atoms with Crippen molar-refractivity contribution in [1.82, 2.24) is 5.32 Å². The average Bonchev–Trinajstić information content (AvgIpc) is 2.53. The molecule has 0 radical (unpaired) electrons. The van der Waals surface area contributed by atoms with Crippen LogP contribution in [0.1, 0.15) is 18.5 Å². The monoisotopic (exact) mass is 305 g/mol. The molecule has 0 amide bonds. The number of hydrogen-bond donors (Lipinski definition) is 1. The standard InChI is InChI=1S/C17H20FNOS/c1-3-19-17(13-5-4-6-15(11-13)20-2)12-21-16-9-7-14(18)8-10-16/h4-11,17,19H,3,12H2,1-2H3. The molecular formula is C17H20FNOS. The molecule has 0 saturated carbocycles. The fourth-order valence-electron chi connectivity index (χ4n) is 2.09. The maximum atomic E-state index is 12.9. The first kappa shape index (κ1) is 15.9. The number of nitrogens with one attached hydrogen (secondary N) is 1. The zero-order valence-corrected chi connectivity index (χ0v) is 13.1. The highest BCUT2D eigenvalue weighted by Gasteiger charge is 2.11. The molecule has 0 aromatic heterocycles. The third-order valence-corrected chi connectivity index (χ3v) is 4.28. The summed E-state index contributed by atoms with van der Waals surface area (Å²) in [5.74, 6) is 1.55. The second kappa shape index (κ2) is 8.05. The van der Waals surface area contributed by atoms with Crippen molar-refractivity contribution in [2.24, 2.45) is 0 Å². The highest BCUT2D eigenvalue weighted by molar-refractivity contribution is 7.99. The molecule has 0 aliphatic rings. The molecule has 0 heterocycles. The van der Waals surface area contributed by atoms with E-state index in [2.05, 4.69) is 24.4 Å². The second-order valence-electron chi connectivity index (χ2n) is 4.65. The fourth-order valence-corrected chi connectivity index (χ4v) is 3.09. The van der Waals surface area contributed by atoms with Crippen LogP contribution in [0, 0.1) is 5.82 Å². The van der Waals surface area contributed by atoms with E-state index in [9.17, 15) is 4.39 Å². The molecule has 2 rings (SSSR count). The number of benzene rings is 2. The Morgan fingerprint density at radius 2 is 1.95 bits per heavy atom. The van der Waals surface area contributed by atoms with E-state index in [1.165, 1.54) is 17.7 Å². The van der Waals surface area contributed by atoms with Crippen molar-refractivity contribution in [3.05, 3.63) is 59.9 Å². The predicted molar refractivity (Wildman–Crippen MR) is 86.5 cm³/mol. The molecule has 2 aromatic rings. The van der Waals surface area contributed by atoms with Crippen molar-refractivity contribution in [1.29, 1.82) is 0 Å². The Kier molecular flexibility index (Phi) is 6.08. The van der Waals surface area contributed by atoms with Crippen molar-refractivity contribution in [2.75, 3.05) is 19.4 Å². The summed E-state index contributed by atoms with van der Waals surface area (Å²) in [5.41, 5.74) is 1.20. The highest BCUT2D eigenvalue weighted by atomic mass is 32.2. The van der Waals surface area contributed by atoms with Crippen LogP contribution in [-0.2, 0) is 0 Å². The van der Waals surface area contributed by atoms with Gasteiger partial charge in [0.25, 0.3) is 0 Å². The van der Waals surface area contributed by atoms with E-state index in [1.54, 1.807) is 18.9 Å². The Morgan fingerprint density at radius 1 is 1.19 bits per heavy atom. The smallest absolute Gasteiger partial charge is 0.123 e. The van der Waals surface area contributed by atoms with Gasteiger partial charge in [-0.05, 0) is 48.5 Å². The first-order valence-corrected chi connectivity index (χ1v) is 7.97. The number of halogens is 1. The molecule has 1 atom stereocenters. The van der Waals surface area contributed by atoms with Gasteiger partial charge in [0.1, 0.15) is 11.6 Å². The van der Waals surface area contributed by atoms with Crippen molar-refractivity contribution < 1.29 is 9.13 Å². The molecule has 0 bridgehead atoms. The van der Waals surface area contributed by atoms with E-state index in [0.717, 1.165) is 22.9 Å². The van der Waals surface area contributed by atoms with E-state index >= 15 is 0 Å². The van der Waals surface area contributed by atoms with Gasteiger partial charge in [0, 0.05) is 16.7 Å². The normalized spacial score (nSPS) is 12.1. The summed E-state index contributed by atoms with van der Waals surface area (Å²) in [6, 6.07) is 15.0. The Balaban J connectivity index is 2.05. The zero-order valence-electron chi connectivity index (χ0n) is 12.3. The molecular weight excluding hydrogens is 285 g/mol. The van der Waals surface area contributed by atoms with E-state index in [-0.39, 0.29) is 11.9 Å². The van der Waals surface area contributed by atoms with Crippen molar-refractivity contribution >= 4 is 11.8 Å². The van der Waals surface area contributed by atoms with Crippen LogP contribution in [0.4, 0.5) is 4.39 Å². The number of thioether (sulfide) groups is 1. The van der Waals surface area contributed by atoms with Crippen molar-refractivity contribution in [3.8, 4) is 5.75 Å². The minimum Gasteiger partial charge on any atom is -0.497 e. The average molecular weight is 305 g/mol. The van der Waals surface area contributed by atoms with Gasteiger partial charge in [0.05, 0.1) is 7.11 Å². The van der Waals surface area contributed by atoms with Crippen LogP contribution in [0.3, 0.4) is 0 Å². The summed E-state index contributed by atoms with van der Waals surface area (Å²) >= 11 is 1.72. The van der Waals surface area contributed by atoms with Crippen molar-refractivity contribution in [2.45, 2.75) is 17.9 Å². The van der Waals surface area contributed by atoms with E-state index in [1.807, 2.05) is 24.3 Å². The van der Waals surface area contributed by atoms with Gasteiger partial charge in [-0.1, -0.05) is 19.1 Å². The minimum absolute atomic E-state index is 0.199. The Morgan fingerprint density at radius 3 is 2.62 bits per heavy atom. The Labute approximate surface area is 129 Å². The van der Waals surface area contributed by atoms with E-state index in [0.29, 0.717) is 0 Å². The van der Waals surface area contributed by atoms with Gasteiger partial charge in [0.15, 0.2) is 0 Å². The summed E-state index contributed by atoms with van der Waals surface area (Å²) in [7, 11) is 1.68. The van der Waals surface area contributed by atoms with E-state index in [4.69, 9.17) is 4.74 Å². The molecule has 4 heteroatoms. The minimum atomic E-state index is -0.199. The third-order valence-electron chi connectivity index (χ3n) is 3.18. The van der Waals surface area contributed by atoms with Crippen LogP contribution in [0.25, 0.3) is 0 Å². The van der Waals surface area contributed by atoms with Crippen LogP contribution < -0.4 is 10.1 Å². The lowest BCUT2D eigenvalue weighted by atomic mass is 10.1. The lowest BCUT2D eigenvalue weighted by molar-refractivity contribution is 0.413. The van der Waals surface area contributed by atoms with Gasteiger partial charge >= 0.3 is 0 Å². The highest BCUT2D eigenvalue weighted by Crippen LogP contribution is 2.26. The Bertz CT molecular complexity index is 559. The first-order valence-electron chi connectivity index (χ1n) is 6.98. The molecule has 0 aliphatic heterocycles. The lowest BCUT2D eigenvalue weighted by Crippen LogP contribution is -2.22. The van der Waals surface area contributed by atoms with Crippen molar-refractivity contribution in [3.63, 3.8) is 0 Å². The predicted octanol–water partition coefficient (Wildman–Crippen LogP) is 4.28. The first-order chi connectivity index (χ1) is 10.2. The molecule has 112 valence electrons. The van der Waals surface area contributed by atoms with Gasteiger partial charge in [-0.15, -0.1) is 11.8 Å². The number of hydrogen-bond acceptors (Lipinski definition) is 3. The SMILES string of the molecule is CCNC(CSc1ccc(F)cc1)c1cccc(OC)c1. The van der Waals surface area contributed by atoms with Crippen LogP contribution >= 0.6 is 11.8 Å². The molecule has 0 spiro atoms. The zero-order chi connectivity index (χ0) is 15.1. The fraction of sp³-hybridized carbons (Fsp3) is 0.294. The topological polar surface area (TPSA) is 21.3 Å². The van der Waals surface area contributed by atoms with Crippen LogP contribution in [-0.4, -0.2) is 19.4 Å². The third kappa shape index (κ3) is 4.76. The summed E-state index contributed by atoms with van der Waals surface area (Å²) in [4.78, 5) is 1.07.